The minimum atomic E-state index is -0.889. The molecule has 23 heavy (non-hydrogen) atoms. The first kappa shape index (κ1) is 17.5. The van der Waals surface area contributed by atoms with E-state index >= 15 is 0 Å². The van der Waals surface area contributed by atoms with Gasteiger partial charge in [0.15, 0.2) is 0 Å². The number of hydrogen-bond donors (Lipinski definition) is 2. The van der Waals surface area contributed by atoms with E-state index in [4.69, 9.17) is 0 Å². The lowest BCUT2D eigenvalue weighted by Gasteiger charge is -2.26. The molecule has 0 atom stereocenters. The maximum Gasteiger partial charge on any atom is 0.253 e. The second-order valence-corrected chi connectivity index (χ2v) is 6.30. The Bertz CT molecular complexity index is 577. The van der Waals surface area contributed by atoms with E-state index in [0.29, 0.717) is 24.1 Å². The van der Waals surface area contributed by atoms with E-state index in [1.807, 2.05) is 19.9 Å². The predicted molar refractivity (Wildman–Crippen MR) is 90.4 cm³/mol. The minimum Gasteiger partial charge on any atom is -0.388 e. The predicted octanol–water partition coefficient (Wildman–Crippen LogP) is 2.34. The summed E-state index contributed by atoms with van der Waals surface area (Å²) >= 11 is 0. The fourth-order valence-electron chi connectivity index (χ4n) is 2.52. The molecule has 1 aliphatic carbocycles. The van der Waals surface area contributed by atoms with Gasteiger partial charge in [-0.1, -0.05) is 26.0 Å². The van der Waals surface area contributed by atoms with Crippen LogP contribution in [0.5, 0.6) is 0 Å². The highest BCUT2D eigenvalue weighted by molar-refractivity contribution is 6.05. The highest BCUT2D eigenvalue weighted by Gasteiger charge is 2.33. The fourth-order valence-corrected chi connectivity index (χ4v) is 2.52. The summed E-state index contributed by atoms with van der Waals surface area (Å²) in [7, 11) is 1.71. The van der Waals surface area contributed by atoms with Crippen molar-refractivity contribution in [2.24, 2.45) is 5.92 Å². The summed E-state index contributed by atoms with van der Waals surface area (Å²) in [5.74, 6) is -0.110. The van der Waals surface area contributed by atoms with Crippen LogP contribution in [-0.4, -0.2) is 36.1 Å². The number of aliphatic hydroxyl groups is 1. The van der Waals surface area contributed by atoms with Crippen molar-refractivity contribution < 1.29 is 14.7 Å². The molecule has 1 aliphatic rings. The highest BCUT2D eigenvalue weighted by Crippen LogP contribution is 2.33. The molecule has 5 heteroatoms. The summed E-state index contributed by atoms with van der Waals surface area (Å²) in [6.45, 7) is 3.99. The molecule has 0 aromatic heterocycles. The van der Waals surface area contributed by atoms with Crippen molar-refractivity contribution in [2.75, 3.05) is 18.5 Å². The third-order valence-electron chi connectivity index (χ3n) is 4.66. The van der Waals surface area contributed by atoms with Gasteiger partial charge in [-0.25, -0.2) is 0 Å². The number of anilines is 1. The number of para-hydroxylation sites is 1. The quantitative estimate of drug-likeness (QED) is 0.811. The molecule has 126 valence electrons. The van der Waals surface area contributed by atoms with E-state index < -0.39 is 5.60 Å². The molecule has 0 radical (unpaired) electrons. The van der Waals surface area contributed by atoms with E-state index in [0.717, 1.165) is 12.8 Å². The molecule has 0 heterocycles. The number of amides is 2. The number of nitrogens with zero attached hydrogens (tertiary/aromatic N) is 1. The SMILES string of the molecule is CCC(O)(CC)CNC(=O)c1ccccc1N(C)C(=O)C1CC1. The van der Waals surface area contributed by atoms with E-state index in [1.165, 1.54) is 0 Å². The van der Waals surface area contributed by atoms with Crippen LogP contribution in [0.3, 0.4) is 0 Å². The Morgan fingerprint density at radius 2 is 1.87 bits per heavy atom. The first-order chi connectivity index (χ1) is 10.9. The lowest BCUT2D eigenvalue weighted by atomic mass is 9.97. The van der Waals surface area contributed by atoms with Gasteiger partial charge in [0.05, 0.1) is 16.9 Å². The van der Waals surface area contributed by atoms with E-state index in [-0.39, 0.29) is 24.3 Å². The van der Waals surface area contributed by atoms with Crippen molar-refractivity contribution in [1.29, 1.82) is 0 Å². The van der Waals surface area contributed by atoms with E-state index in [1.54, 1.807) is 30.1 Å². The van der Waals surface area contributed by atoms with Crippen LogP contribution < -0.4 is 10.2 Å². The summed E-state index contributed by atoms with van der Waals surface area (Å²) in [6.07, 6.45) is 3.01. The standard InChI is InChI=1S/C18H26N2O3/c1-4-18(23,5-2)12-19-16(21)14-8-6-7-9-15(14)20(3)17(22)13-10-11-13/h6-9,13,23H,4-5,10-12H2,1-3H3,(H,19,21). The van der Waals surface area contributed by atoms with Gasteiger partial charge in [0.25, 0.3) is 5.91 Å². The topological polar surface area (TPSA) is 69.6 Å². The fraction of sp³-hybridized carbons (Fsp3) is 0.556. The number of carbonyl (C=O) groups is 2. The number of benzene rings is 1. The van der Waals surface area contributed by atoms with Crippen LogP contribution in [-0.2, 0) is 4.79 Å². The van der Waals surface area contributed by atoms with Crippen molar-refractivity contribution in [1.82, 2.24) is 5.32 Å². The number of carbonyl (C=O) groups excluding carboxylic acids is 2. The highest BCUT2D eigenvalue weighted by atomic mass is 16.3. The van der Waals surface area contributed by atoms with Crippen LogP contribution in [0.15, 0.2) is 24.3 Å². The van der Waals surface area contributed by atoms with Crippen molar-refractivity contribution in [3.63, 3.8) is 0 Å². The number of nitrogens with one attached hydrogen (secondary N) is 1. The molecular formula is C18H26N2O3. The largest absolute Gasteiger partial charge is 0.388 e. The summed E-state index contributed by atoms with van der Waals surface area (Å²) in [5.41, 5.74) is 0.178. The van der Waals surface area contributed by atoms with Crippen molar-refractivity contribution in [2.45, 2.75) is 45.1 Å². The van der Waals surface area contributed by atoms with Crippen LogP contribution in [0.4, 0.5) is 5.69 Å². The van der Waals surface area contributed by atoms with Crippen molar-refractivity contribution in [3.8, 4) is 0 Å². The van der Waals surface area contributed by atoms with E-state index in [2.05, 4.69) is 5.32 Å². The zero-order valence-electron chi connectivity index (χ0n) is 14.1. The second-order valence-electron chi connectivity index (χ2n) is 6.30. The van der Waals surface area contributed by atoms with Crippen LogP contribution >= 0.6 is 0 Å². The van der Waals surface area contributed by atoms with Gasteiger partial charge in [0.2, 0.25) is 5.91 Å². The molecule has 2 N–H and O–H groups in total. The minimum absolute atomic E-state index is 0.0591. The Balaban J connectivity index is 2.12. The van der Waals surface area contributed by atoms with Crippen molar-refractivity contribution in [3.05, 3.63) is 29.8 Å². The Hall–Kier alpha value is -1.88. The van der Waals surface area contributed by atoms with Crippen LogP contribution in [0, 0.1) is 5.92 Å². The molecule has 2 rings (SSSR count). The number of rotatable bonds is 7. The third-order valence-corrected chi connectivity index (χ3v) is 4.66. The summed E-state index contributed by atoms with van der Waals surface area (Å²) < 4.78 is 0. The molecule has 1 fully saturated rings. The van der Waals surface area contributed by atoms with Gasteiger partial charge >= 0.3 is 0 Å². The molecule has 0 aliphatic heterocycles. The molecule has 0 bridgehead atoms. The van der Waals surface area contributed by atoms with Gasteiger partial charge < -0.3 is 15.3 Å². The smallest absolute Gasteiger partial charge is 0.253 e. The Labute approximate surface area is 137 Å². The third kappa shape index (κ3) is 4.10. The van der Waals surface area contributed by atoms with Gasteiger partial charge in [-0.05, 0) is 37.8 Å². The molecule has 1 aromatic rings. The van der Waals surface area contributed by atoms with Gasteiger partial charge in [0.1, 0.15) is 0 Å². The zero-order valence-corrected chi connectivity index (χ0v) is 14.1. The first-order valence-corrected chi connectivity index (χ1v) is 8.29. The zero-order chi connectivity index (χ0) is 17.0. The molecule has 5 nitrogen and oxygen atoms in total. The molecule has 1 aromatic carbocycles. The summed E-state index contributed by atoms with van der Waals surface area (Å²) in [6, 6.07) is 7.08. The molecule has 0 unspecified atom stereocenters. The molecule has 2 amide bonds. The molecule has 1 saturated carbocycles. The average Bonchev–Trinajstić information content (AvgIpc) is 3.43. The summed E-state index contributed by atoms with van der Waals surface area (Å²) in [4.78, 5) is 26.3. The first-order valence-electron chi connectivity index (χ1n) is 8.29. The van der Waals surface area contributed by atoms with Gasteiger partial charge in [-0.2, -0.15) is 0 Å². The van der Waals surface area contributed by atoms with Gasteiger partial charge in [-0.3, -0.25) is 9.59 Å². The van der Waals surface area contributed by atoms with Crippen LogP contribution in [0.2, 0.25) is 0 Å². The van der Waals surface area contributed by atoms with Crippen LogP contribution in [0.1, 0.15) is 49.9 Å². The average molecular weight is 318 g/mol. The lowest BCUT2D eigenvalue weighted by Crippen LogP contribution is -2.42. The van der Waals surface area contributed by atoms with E-state index in [9.17, 15) is 14.7 Å². The summed E-state index contributed by atoms with van der Waals surface area (Å²) in [5, 5.41) is 13.1. The second kappa shape index (κ2) is 7.13. The Morgan fingerprint density at radius 1 is 1.26 bits per heavy atom. The maximum absolute atomic E-state index is 12.5. The lowest BCUT2D eigenvalue weighted by molar-refractivity contribution is -0.119. The monoisotopic (exact) mass is 318 g/mol. The Kier molecular flexibility index (Phi) is 5.42. The Morgan fingerprint density at radius 3 is 2.43 bits per heavy atom. The molecule has 0 saturated heterocycles. The maximum atomic E-state index is 12.5. The molecular weight excluding hydrogens is 292 g/mol. The normalized spacial score (nSPS) is 14.4. The van der Waals surface area contributed by atoms with Gasteiger partial charge in [-0.15, -0.1) is 0 Å². The number of hydrogen-bond acceptors (Lipinski definition) is 3. The molecule has 0 spiro atoms. The van der Waals surface area contributed by atoms with Crippen LogP contribution in [0.25, 0.3) is 0 Å². The van der Waals surface area contributed by atoms with Crippen molar-refractivity contribution >= 4 is 17.5 Å². The van der Waals surface area contributed by atoms with Gasteiger partial charge in [0, 0.05) is 19.5 Å².